The molecule has 1 aliphatic heterocycles. The quantitative estimate of drug-likeness (QED) is 0.807. The number of hydrogen-bond acceptors (Lipinski definition) is 4. The van der Waals surface area contributed by atoms with Crippen LogP contribution in [0.4, 0.5) is 14.5 Å². The molecule has 3 rings (SSSR count). The van der Waals surface area contributed by atoms with Gasteiger partial charge in [0.25, 0.3) is 5.91 Å². The lowest BCUT2D eigenvalue weighted by Gasteiger charge is -2.20. The number of carbonyl (C=O) groups is 1. The van der Waals surface area contributed by atoms with Crippen molar-refractivity contribution in [2.75, 3.05) is 31.6 Å². The molecule has 0 saturated carbocycles. The second-order valence-electron chi connectivity index (χ2n) is 6.10. The van der Waals surface area contributed by atoms with Crippen molar-refractivity contribution in [1.82, 2.24) is 4.31 Å². The third-order valence-electron chi connectivity index (χ3n) is 4.17. The van der Waals surface area contributed by atoms with Gasteiger partial charge in [0.2, 0.25) is 10.0 Å². The molecule has 0 spiro atoms. The van der Waals surface area contributed by atoms with Crippen LogP contribution in [0.25, 0.3) is 0 Å². The summed E-state index contributed by atoms with van der Waals surface area (Å²) in [5, 5.41) is 2.30. The van der Waals surface area contributed by atoms with Crippen LogP contribution in [0.15, 0.2) is 41.3 Å². The molecule has 28 heavy (non-hydrogen) atoms. The second kappa shape index (κ2) is 8.52. The van der Waals surface area contributed by atoms with Crippen LogP contribution in [0.1, 0.15) is 16.8 Å². The van der Waals surface area contributed by atoms with Gasteiger partial charge in [0, 0.05) is 30.9 Å². The molecule has 0 radical (unpaired) electrons. The fourth-order valence-electron chi connectivity index (χ4n) is 2.72. The lowest BCUT2D eigenvalue weighted by Crippen LogP contribution is -2.34. The Hall–Kier alpha value is -2.07. The minimum Gasteiger partial charge on any atom is -0.380 e. The number of benzene rings is 2. The van der Waals surface area contributed by atoms with Gasteiger partial charge < -0.3 is 10.1 Å². The van der Waals surface area contributed by atoms with E-state index in [0.29, 0.717) is 13.0 Å². The normalized spacial score (nSPS) is 15.8. The third-order valence-corrected chi connectivity index (χ3v) is 6.37. The Bertz CT molecular complexity index is 993. The Morgan fingerprint density at radius 2 is 1.82 bits per heavy atom. The van der Waals surface area contributed by atoms with Crippen molar-refractivity contribution in [1.29, 1.82) is 0 Å². The summed E-state index contributed by atoms with van der Waals surface area (Å²) >= 11 is 5.68. The van der Waals surface area contributed by atoms with Gasteiger partial charge in [0.1, 0.15) is 16.5 Å². The van der Waals surface area contributed by atoms with Crippen LogP contribution in [0, 0.1) is 11.6 Å². The van der Waals surface area contributed by atoms with Crippen molar-refractivity contribution in [3.63, 3.8) is 0 Å². The van der Waals surface area contributed by atoms with Crippen LogP contribution in [0.3, 0.4) is 0 Å². The summed E-state index contributed by atoms with van der Waals surface area (Å²) in [6, 6.07) is 6.68. The predicted molar refractivity (Wildman–Crippen MR) is 100.0 cm³/mol. The van der Waals surface area contributed by atoms with Crippen molar-refractivity contribution in [3.05, 3.63) is 58.6 Å². The van der Waals surface area contributed by atoms with Crippen LogP contribution in [-0.2, 0) is 14.8 Å². The van der Waals surface area contributed by atoms with Gasteiger partial charge in [-0.05, 0) is 42.8 Å². The first-order chi connectivity index (χ1) is 13.3. The number of hydrogen-bond donors (Lipinski definition) is 1. The molecule has 2 aromatic rings. The number of ether oxygens (including phenoxy) is 1. The number of nitrogens with zero attached hydrogens (tertiary/aromatic N) is 1. The maximum atomic E-state index is 14.3. The van der Waals surface area contributed by atoms with E-state index in [-0.39, 0.29) is 36.0 Å². The summed E-state index contributed by atoms with van der Waals surface area (Å²) in [5.74, 6) is -2.28. The molecule has 6 nitrogen and oxygen atoms in total. The molecule has 0 unspecified atom stereocenters. The molecule has 1 saturated heterocycles. The van der Waals surface area contributed by atoms with Gasteiger partial charge in [0.05, 0.1) is 11.6 Å². The van der Waals surface area contributed by atoms with Gasteiger partial charge >= 0.3 is 0 Å². The average Bonchev–Trinajstić information content (AvgIpc) is 2.95. The van der Waals surface area contributed by atoms with Gasteiger partial charge in [-0.1, -0.05) is 11.6 Å². The zero-order valence-electron chi connectivity index (χ0n) is 14.6. The van der Waals surface area contributed by atoms with E-state index in [2.05, 4.69) is 5.32 Å². The summed E-state index contributed by atoms with van der Waals surface area (Å²) in [4.78, 5) is 11.8. The van der Waals surface area contributed by atoms with Crippen LogP contribution >= 0.6 is 11.6 Å². The first kappa shape index (κ1) is 20.7. The number of amides is 1. The lowest BCUT2D eigenvalue weighted by atomic mass is 10.2. The van der Waals surface area contributed by atoms with Crippen molar-refractivity contribution in [3.8, 4) is 0 Å². The molecule has 1 N–H and O–H groups in total. The van der Waals surface area contributed by atoms with E-state index in [1.54, 1.807) is 0 Å². The first-order valence-electron chi connectivity index (χ1n) is 8.43. The molecule has 0 aliphatic carbocycles. The molecule has 1 heterocycles. The van der Waals surface area contributed by atoms with Gasteiger partial charge in [-0.15, -0.1) is 0 Å². The smallest absolute Gasteiger partial charge is 0.255 e. The van der Waals surface area contributed by atoms with E-state index >= 15 is 0 Å². The van der Waals surface area contributed by atoms with Crippen LogP contribution in [0.2, 0.25) is 5.02 Å². The molecule has 1 aliphatic rings. The number of rotatable bonds is 4. The molecule has 0 aromatic heterocycles. The highest BCUT2D eigenvalue weighted by Crippen LogP contribution is 2.24. The predicted octanol–water partition coefficient (Wildman–Crippen LogP) is 3.28. The number of anilines is 1. The lowest BCUT2D eigenvalue weighted by molar-refractivity contribution is 0.102. The minimum absolute atomic E-state index is 0.0634. The Morgan fingerprint density at radius 3 is 2.57 bits per heavy atom. The molecule has 1 fully saturated rings. The Labute approximate surface area is 166 Å². The highest BCUT2D eigenvalue weighted by Gasteiger charge is 2.29. The van der Waals surface area contributed by atoms with Crippen molar-refractivity contribution < 1.29 is 26.7 Å². The summed E-state index contributed by atoms with van der Waals surface area (Å²) < 4.78 is 59.5. The maximum Gasteiger partial charge on any atom is 0.255 e. The standard InChI is InChI=1S/C18H17ClF2N2O4S/c19-14-11-13(3-5-15(14)20)22-18(24)12-2-4-16(21)17(10-12)28(25,26)23-6-1-8-27-9-7-23/h2-5,10-11H,1,6-9H2,(H,22,24). The third kappa shape index (κ3) is 4.49. The largest absolute Gasteiger partial charge is 0.380 e. The van der Waals surface area contributed by atoms with Gasteiger partial charge in [0.15, 0.2) is 0 Å². The van der Waals surface area contributed by atoms with Crippen LogP contribution in [-0.4, -0.2) is 44.9 Å². The molecule has 1 amide bonds. The van der Waals surface area contributed by atoms with Crippen LogP contribution in [0.5, 0.6) is 0 Å². The zero-order chi connectivity index (χ0) is 20.3. The van der Waals surface area contributed by atoms with Crippen molar-refractivity contribution in [2.45, 2.75) is 11.3 Å². The van der Waals surface area contributed by atoms with E-state index in [9.17, 15) is 22.0 Å². The van der Waals surface area contributed by atoms with Crippen LogP contribution < -0.4 is 5.32 Å². The average molecular weight is 431 g/mol. The Morgan fingerprint density at radius 1 is 1.07 bits per heavy atom. The Balaban J connectivity index is 1.87. The van der Waals surface area contributed by atoms with E-state index in [1.165, 1.54) is 18.2 Å². The summed E-state index contributed by atoms with van der Waals surface area (Å²) in [6.07, 6.45) is 0.492. The first-order valence-corrected chi connectivity index (χ1v) is 10.2. The zero-order valence-corrected chi connectivity index (χ0v) is 16.2. The van der Waals surface area contributed by atoms with Gasteiger partial charge in [-0.3, -0.25) is 4.79 Å². The van der Waals surface area contributed by atoms with E-state index in [4.69, 9.17) is 16.3 Å². The van der Waals surface area contributed by atoms with E-state index in [0.717, 1.165) is 22.5 Å². The molecule has 10 heteroatoms. The second-order valence-corrected chi connectivity index (χ2v) is 8.41. The SMILES string of the molecule is O=C(Nc1ccc(F)c(Cl)c1)c1ccc(F)c(S(=O)(=O)N2CCCOCC2)c1. The number of carbonyl (C=O) groups excluding carboxylic acids is 1. The number of sulfonamides is 1. The summed E-state index contributed by atoms with van der Waals surface area (Å²) in [5.41, 5.74) is 0.154. The number of halogens is 3. The minimum atomic E-state index is -4.13. The molecule has 0 bridgehead atoms. The highest BCUT2D eigenvalue weighted by atomic mass is 35.5. The fraction of sp³-hybridized carbons (Fsp3) is 0.278. The monoisotopic (exact) mass is 430 g/mol. The van der Waals surface area contributed by atoms with E-state index < -0.39 is 32.5 Å². The Kier molecular flexibility index (Phi) is 6.29. The number of nitrogens with one attached hydrogen (secondary N) is 1. The van der Waals surface area contributed by atoms with Crippen molar-refractivity contribution >= 4 is 33.2 Å². The van der Waals surface area contributed by atoms with Crippen molar-refractivity contribution in [2.24, 2.45) is 0 Å². The summed E-state index contributed by atoms with van der Waals surface area (Å²) in [7, 11) is -4.13. The maximum absolute atomic E-state index is 14.3. The van der Waals surface area contributed by atoms with E-state index in [1.807, 2.05) is 0 Å². The topological polar surface area (TPSA) is 75.7 Å². The summed E-state index contributed by atoms with van der Waals surface area (Å²) in [6.45, 7) is 0.947. The molecular weight excluding hydrogens is 414 g/mol. The fourth-order valence-corrected chi connectivity index (χ4v) is 4.46. The van der Waals surface area contributed by atoms with Gasteiger partial charge in [-0.2, -0.15) is 4.31 Å². The molecule has 0 atom stereocenters. The van der Waals surface area contributed by atoms with Gasteiger partial charge in [-0.25, -0.2) is 17.2 Å². The highest BCUT2D eigenvalue weighted by molar-refractivity contribution is 7.89. The molecular formula is C18H17ClF2N2O4S. The molecule has 2 aromatic carbocycles. The molecule has 150 valence electrons.